The number of para-hydroxylation sites is 1. The summed E-state index contributed by atoms with van der Waals surface area (Å²) in [6.07, 6.45) is 3.08. The van der Waals surface area contributed by atoms with Crippen molar-refractivity contribution in [2.45, 2.75) is 46.0 Å². The number of hydrogen-bond acceptors (Lipinski definition) is 2. The molecule has 22 heavy (non-hydrogen) atoms. The lowest BCUT2D eigenvalue weighted by Gasteiger charge is -2.28. The number of carbonyl (C=O) groups excluding carboxylic acids is 1. The molecule has 2 rings (SSSR count). The predicted molar refractivity (Wildman–Crippen MR) is 95.8 cm³/mol. The summed E-state index contributed by atoms with van der Waals surface area (Å²) in [5.41, 5.74) is 2.17. The smallest absolute Gasteiger partial charge is 0.224 e. The van der Waals surface area contributed by atoms with Gasteiger partial charge in [0, 0.05) is 12.1 Å². The van der Waals surface area contributed by atoms with Crippen LogP contribution in [-0.2, 0) is 4.79 Å². The van der Waals surface area contributed by atoms with Gasteiger partial charge in [0.2, 0.25) is 5.91 Å². The molecule has 0 spiro atoms. The first-order chi connectivity index (χ1) is 10.1. The number of piperidine rings is 1. The van der Waals surface area contributed by atoms with Gasteiger partial charge in [-0.05, 0) is 55.3 Å². The van der Waals surface area contributed by atoms with E-state index < -0.39 is 0 Å². The molecule has 0 aliphatic carbocycles. The maximum absolute atomic E-state index is 12.3. The lowest BCUT2D eigenvalue weighted by atomic mass is 9.85. The van der Waals surface area contributed by atoms with E-state index in [-0.39, 0.29) is 18.3 Å². The molecule has 1 aromatic rings. The number of anilines is 1. The average Bonchev–Trinajstić information content (AvgIpc) is 2.48. The van der Waals surface area contributed by atoms with Crippen LogP contribution in [0.5, 0.6) is 0 Å². The summed E-state index contributed by atoms with van der Waals surface area (Å²) in [5.74, 6) is 1.62. The van der Waals surface area contributed by atoms with Crippen LogP contribution in [0.4, 0.5) is 5.69 Å². The molecule has 2 N–H and O–H groups in total. The van der Waals surface area contributed by atoms with Gasteiger partial charge in [-0.25, -0.2) is 0 Å². The Labute approximate surface area is 140 Å². The molecule has 1 fully saturated rings. The Morgan fingerprint density at radius 3 is 2.68 bits per heavy atom. The monoisotopic (exact) mass is 324 g/mol. The molecular formula is C18H29ClN2O. The van der Waals surface area contributed by atoms with E-state index in [1.54, 1.807) is 0 Å². The maximum Gasteiger partial charge on any atom is 0.224 e. The van der Waals surface area contributed by atoms with Crippen molar-refractivity contribution in [1.29, 1.82) is 0 Å². The minimum Gasteiger partial charge on any atom is -0.326 e. The van der Waals surface area contributed by atoms with E-state index in [0.717, 1.165) is 18.8 Å². The molecule has 0 bridgehead atoms. The molecule has 0 saturated carbocycles. The van der Waals surface area contributed by atoms with E-state index in [1.165, 1.54) is 18.4 Å². The van der Waals surface area contributed by atoms with Gasteiger partial charge in [0.25, 0.3) is 0 Å². The fourth-order valence-electron chi connectivity index (χ4n) is 3.14. The Hall–Kier alpha value is -1.06. The van der Waals surface area contributed by atoms with Crippen molar-refractivity contribution in [3.63, 3.8) is 0 Å². The van der Waals surface area contributed by atoms with Crippen molar-refractivity contribution in [2.75, 3.05) is 18.4 Å². The lowest BCUT2D eigenvalue weighted by Crippen LogP contribution is -2.34. The third kappa shape index (κ3) is 5.29. The molecule has 124 valence electrons. The van der Waals surface area contributed by atoms with Crippen molar-refractivity contribution in [1.82, 2.24) is 5.32 Å². The summed E-state index contributed by atoms with van der Waals surface area (Å²) in [7, 11) is 0. The highest BCUT2D eigenvalue weighted by molar-refractivity contribution is 5.91. The van der Waals surface area contributed by atoms with Crippen molar-refractivity contribution < 1.29 is 4.79 Å². The molecule has 1 aliphatic rings. The van der Waals surface area contributed by atoms with Crippen LogP contribution in [-0.4, -0.2) is 19.0 Å². The van der Waals surface area contributed by atoms with Gasteiger partial charge in [-0.15, -0.1) is 12.4 Å². The van der Waals surface area contributed by atoms with Gasteiger partial charge in [0.1, 0.15) is 0 Å². The van der Waals surface area contributed by atoms with Gasteiger partial charge in [-0.2, -0.15) is 0 Å². The topological polar surface area (TPSA) is 41.1 Å². The molecular weight excluding hydrogens is 296 g/mol. The Kier molecular flexibility index (Phi) is 7.91. The normalized spacial score (nSPS) is 19.4. The molecule has 3 nitrogen and oxygen atoms in total. The Morgan fingerprint density at radius 1 is 1.32 bits per heavy atom. The summed E-state index contributed by atoms with van der Waals surface area (Å²) in [4.78, 5) is 12.3. The van der Waals surface area contributed by atoms with Crippen LogP contribution < -0.4 is 10.6 Å². The molecule has 2 unspecified atom stereocenters. The highest BCUT2D eigenvalue weighted by Crippen LogP contribution is 2.26. The second-order valence-electron chi connectivity index (χ2n) is 6.58. The number of carbonyl (C=O) groups is 1. The van der Waals surface area contributed by atoms with Gasteiger partial charge >= 0.3 is 0 Å². The number of hydrogen-bond donors (Lipinski definition) is 2. The second kappa shape index (κ2) is 9.16. The van der Waals surface area contributed by atoms with Crippen LogP contribution in [0.15, 0.2) is 24.3 Å². The van der Waals surface area contributed by atoms with Crippen molar-refractivity contribution in [3.8, 4) is 0 Å². The molecule has 0 aromatic heterocycles. The molecule has 1 amide bonds. The molecule has 1 heterocycles. The van der Waals surface area contributed by atoms with Crippen LogP contribution in [0.2, 0.25) is 0 Å². The average molecular weight is 325 g/mol. The van der Waals surface area contributed by atoms with Crippen LogP contribution in [0.3, 0.4) is 0 Å². The summed E-state index contributed by atoms with van der Waals surface area (Å²) in [5, 5.41) is 6.53. The highest BCUT2D eigenvalue weighted by Gasteiger charge is 2.22. The van der Waals surface area contributed by atoms with E-state index >= 15 is 0 Å². The van der Waals surface area contributed by atoms with E-state index in [9.17, 15) is 4.79 Å². The number of nitrogens with one attached hydrogen (secondary N) is 2. The van der Waals surface area contributed by atoms with Gasteiger partial charge in [0.15, 0.2) is 0 Å². The number of halogens is 1. The van der Waals surface area contributed by atoms with Crippen LogP contribution >= 0.6 is 12.4 Å². The first-order valence-corrected chi connectivity index (χ1v) is 8.17. The minimum absolute atomic E-state index is 0. The zero-order valence-corrected chi connectivity index (χ0v) is 14.7. The third-order valence-corrected chi connectivity index (χ3v) is 4.50. The van der Waals surface area contributed by atoms with Crippen LogP contribution in [0.25, 0.3) is 0 Å². The number of amides is 1. The van der Waals surface area contributed by atoms with Gasteiger partial charge in [0.05, 0.1) is 0 Å². The Morgan fingerprint density at radius 2 is 2.05 bits per heavy atom. The SMILES string of the molecule is CC(C)c1ccccc1NC(=O)CC(C)C1CCCNC1.Cl. The summed E-state index contributed by atoms with van der Waals surface area (Å²) in [6.45, 7) is 8.68. The van der Waals surface area contributed by atoms with Crippen molar-refractivity contribution in [3.05, 3.63) is 29.8 Å². The standard InChI is InChI=1S/C18H28N2O.ClH/c1-13(2)16-8-4-5-9-17(16)20-18(21)11-14(3)15-7-6-10-19-12-15;/h4-5,8-9,13-15,19H,6-7,10-12H2,1-3H3,(H,20,21);1H. The van der Waals surface area contributed by atoms with E-state index in [2.05, 4.69) is 37.5 Å². The summed E-state index contributed by atoms with van der Waals surface area (Å²) < 4.78 is 0. The second-order valence-corrected chi connectivity index (χ2v) is 6.58. The third-order valence-electron chi connectivity index (χ3n) is 4.50. The van der Waals surface area contributed by atoms with Crippen LogP contribution in [0, 0.1) is 11.8 Å². The summed E-state index contributed by atoms with van der Waals surface area (Å²) >= 11 is 0. The number of rotatable bonds is 5. The minimum atomic E-state index is 0. The summed E-state index contributed by atoms with van der Waals surface area (Å²) in [6, 6.07) is 8.10. The van der Waals surface area contributed by atoms with Gasteiger partial charge in [-0.1, -0.05) is 39.0 Å². The van der Waals surface area contributed by atoms with E-state index in [4.69, 9.17) is 0 Å². The quantitative estimate of drug-likeness (QED) is 0.852. The molecule has 1 aliphatic heterocycles. The molecule has 1 saturated heterocycles. The van der Waals surface area contributed by atoms with Gasteiger partial charge < -0.3 is 10.6 Å². The molecule has 0 radical (unpaired) electrons. The fourth-order valence-corrected chi connectivity index (χ4v) is 3.14. The molecule has 1 aromatic carbocycles. The highest BCUT2D eigenvalue weighted by atomic mass is 35.5. The zero-order valence-electron chi connectivity index (χ0n) is 13.9. The molecule has 2 atom stereocenters. The van der Waals surface area contributed by atoms with Crippen molar-refractivity contribution in [2.24, 2.45) is 11.8 Å². The lowest BCUT2D eigenvalue weighted by molar-refractivity contribution is -0.117. The van der Waals surface area contributed by atoms with E-state index in [0.29, 0.717) is 24.2 Å². The molecule has 4 heteroatoms. The van der Waals surface area contributed by atoms with Crippen molar-refractivity contribution >= 4 is 24.0 Å². The first kappa shape index (κ1) is 19.0. The predicted octanol–water partition coefficient (Wildman–Crippen LogP) is 4.20. The van der Waals surface area contributed by atoms with Gasteiger partial charge in [-0.3, -0.25) is 4.79 Å². The Balaban J connectivity index is 0.00000242. The Bertz CT molecular complexity index is 470. The first-order valence-electron chi connectivity index (χ1n) is 8.17. The number of benzene rings is 1. The zero-order chi connectivity index (χ0) is 15.2. The fraction of sp³-hybridized carbons (Fsp3) is 0.611. The van der Waals surface area contributed by atoms with E-state index in [1.807, 2.05) is 18.2 Å². The van der Waals surface area contributed by atoms with Crippen LogP contribution in [0.1, 0.15) is 51.5 Å². The maximum atomic E-state index is 12.3. The largest absolute Gasteiger partial charge is 0.326 e.